The van der Waals surface area contributed by atoms with Crippen LogP contribution < -0.4 is 5.73 Å². The molecular weight excluding hydrogens is 426 g/mol. The first-order valence-electron chi connectivity index (χ1n) is 13.7. The first-order chi connectivity index (χ1) is 15.6. The number of hydrogen-bond acceptors (Lipinski definition) is 4. The Hall–Kier alpha value is -0.910. The van der Waals surface area contributed by atoms with Crippen molar-refractivity contribution in [1.29, 1.82) is 0 Å². The van der Waals surface area contributed by atoms with Gasteiger partial charge in [-0.25, -0.2) is 0 Å². The quantitative estimate of drug-likeness (QED) is 0.406. The van der Waals surface area contributed by atoms with Crippen molar-refractivity contribution in [2.75, 3.05) is 0 Å². The lowest BCUT2D eigenvalue weighted by Crippen LogP contribution is -2.73. The molecule has 0 aliphatic heterocycles. The molecule has 4 saturated carbocycles. The number of carbonyl (C=O) groups is 1. The molecule has 5 aliphatic carbocycles. The summed E-state index contributed by atoms with van der Waals surface area (Å²) < 4.78 is 0. The highest BCUT2D eigenvalue weighted by atomic mass is 16.4. The minimum atomic E-state index is -0.737. The highest BCUT2D eigenvalue weighted by Crippen LogP contribution is 2.72. The third-order valence-corrected chi connectivity index (χ3v) is 12.8. The van der Waals surface area contributed by atoms with Gasteiger partial charge in [-0.1, -0.05) is 40.7 Å². The molecule has 5 rings (SSSR count). The van der Waals surface area contributed by atoms with E-state index >= 15 is 0 Å². The third-order valence-electron chi connectivity index (χ3n) is 12.8. The molecule has 0 bridgehead atoms. The Balaban J connectivity index is 1.61. The molecular formula is C29H47NO4. The second-order valence-corrected chi connectivity index (χ2v) is 14.7. The Kier molecular flexibility index (Phi) is 5.17. The number of rotatable bonds is 1. The highest BCUT2D eigenvalue weighted by Gasteiger charge is 2.70. The van der Waals surface area contributed by atoms with E-state index in [1.807, 2.05) is 6.92 Å². The Bertz CT molecular complexity index is 929. The lowest BCUT2D eigenvalue weighted by Gasteiger charge is -2.71. The number of nitrogens with two attached hydrogens (primary N) is 1. The van der Waals surface area contributed by atoms with Crippen molar-refractivity contribution >= 4 is 5.97 Å². The van der Waals surface area contributed by atoms with E-state index in [4.69, 9.17) is 5.73 Å². The number of fused-ring (bicyclic) bond motifs is 7. The molecule has 0 radical (unpaired) electrons. The molecule has 5 N–H and O–H groups in total. The van der Waals surface area contributed by atoms with E-state index in [0.717, 1.165) is 50.5 Å². The monoisotopic (exact) mass is 473 g/mol. The fraction of sp³-hybridized carbons (Fsp3) is 0.897. The fourth-order valence-electron chi connectivity index (χ4n) is 10.4. The van der Waals surface area contributed by atoms with Crippen LogP contribution in [0.15, 0.2) is 11.6 Å². The van der Waals surface area contributed by atoms with Gasteiger partial charge in [-0.15, -0.1) is 0 Å². The number of aliphatic hydroxyl groups excluding tert-OH is 2. The van der Waals surface area contributed by atoms with Gasteiger partial charge in [-0.2, -0.15) is 0 Å². The van der Waals surface area contributed by atoms with Crippen molar-refractivity contribution in [3.63, 3.8) is 0 Å². The van der Waals surface area contributed by atoms with E-state index in [2.05, 4.69) is 40.7 Å². The molecule has 0 aromatic rings. The molecule has 0 saturated heterocycles. The maximum atomic E-state index is 12.2. The Labute approximate surface area is 205 Å². The summed E-state index contributed by atoms with van der Waals surface area (Å²) in [5, 5.41) is 32.8. The van der Waals surface area contributed by atoms with Crippen molar-refractivity contribution in [3.8, 4) is 0 Å². The van der Waals surface area contributed by atoms with Gasteiger partial charge in [-0.3, -0.25) is 4.79 Å². The topological polar surface area (TPSA) is 104 Å². The van der Waals surface area contributed by atoms with E-state index in [9.17, 15) is 20.1 Å². The van der Waals surface area contributed by atoms with E-state index in [0.29, 0.717) is 18.8 Å². The Morgan fingerprint density at radius 3 is 2.24 bits per heavy atom. The summed E-state index contributed by atoms with van der Waals surface area (Å²) in [6, 6.07) is 0. The average molecular weight is 474 g/mol. The van der Waals surface area contributed by atoms with Crippen LogP contribution in [0.3, 0.4) is 0 Å². The number of aliphatic hydroxyl groups is 2. The molecule has 34 heavy (non-hydrogen) atoms. The SMILES string of the molecule is CC1(C)[C@@H](O)CC[C@]2(C)[C@H]3C(O)C=C4[C@H]5C[C@@](C)(C(=O)O)CC[C@]5(C)CC[C@@]4(N)[C@]3(C)CC[C@@H]12. The molecule has 5 aliphatic rings. The van der Waals surface area contributed by atoms with Gasteiger partial charge in [-0.05, 0) is 104 Å². The second kappa shape index (κ2) is 7.10. The molecule has 0 amide bonds. The van der Waals surface area contributed by atoms with Gasteiger partial charge in [0.1, 0.15) is 0 Å². The van der Waals surface area contributed by atoms with Crippen LogP contribution in [0.1, 0.15) is 99.3 Å². The molecule has 192 valence electrons. The number of carboxylic acids is 1. The molecule has 0 aromatic heterocycles. The smallest absolute Gasteiger partial charge is 0.309 e. The second-order valence-electron chi connectivity index (χ2n) is 14.7. The van der Waals surface area contributed by atoms with Crippen LogP contribution in [0.4, 0.5) is 0 Å². The summed E-state index contributed by atoms with van der Waals surface area (Å²) in [7, 11) is 0. The molecule has 4 fully saturated rings. The summed E-state index contributed by atoms with van der Waals surface area (Å²) in [4.78, 5) is 12.2. The summed E-state index contributed by atoms with van der Waals surface area (Å²) in [5.41, 5.74) is 6.96. The van der Waals surface area contributed by atoms with Crippen LogP contribution in [-0.4, -0.2) is 39.0 Å². The molecule has 5 heteroatoms. The lowest BCUT2D eigenvalue weighted by atomic mass is 9.35. The van der Waals surface area contributed by atoms with Crippen LogP contribution in [0.25, 0.3) is 0 Å². The average Bonchev–Trinajstić information content (AvgIpc) is 2.73. The highest BCUT2D eigenvalue weighted by molar-refractivity contribution is 5.74. The summed E-state index contributed by atoms with van der Waals surface area (Å²) in [6.07, 6.45) is 8.98. The maximum absolute atomic E-state index is 12.2. The van der Waals surface area contributed by atoms with Crippen LogP contribution >= 0.6 is 0 Å². The van der Waals surface area contributed by atoms with Crippen LogP contribution in [-0.2, 0) is 4.79 Å². The Morgan fingerprint density at radius 1 is 0.941 bits per heavy atom. The van der Waals surface area contributed by atoms with Crippen LogP contribution in [0, 0.1) is 44.8 Å². The minimum absolute atomic E-state index is 0.0399. The zero-order chi connectivity index (χ0) is 25.1. The van der Waals surface area contributed by atoms with Crippen LogP contribution in [0.2, 0.25) is 0 Å². The summed E-state index contributed by atoms with van der Waals surface area (Å²) in [6.45, 7) is 13.3. The Morgan fingerprint density at radius 2 is 1.59 bits per heavy atom. The van der Waals surface area contributed by atoms with E-state index < -0.39 is 23.0 Å². The van der Waals surface area contributed by atoms with Gasteiger partial charge in [0, 0.05) is 11.5 Å². The molecule has 0 heterocycles. The van der Waals surface area contributed by atoms with Crippen molar-refractivity contribution in [2.24, 2.45) is 50.6 Å². The van der Waals surface area contributed by atoms with Gasteiger partial charge in [0.25, 0.3) is 0 Å². The molecule has 1 unspecified atom stereocenters. The van der Waals surface area contributed by atoms with E-state index in [-0.39, 0.29) is 39.6 Å². The molecule has 5 nitrogen and oxygen atoms in total. The van der Waals surface area contributed by atoms with Crippen molar-refractivity contribution in [1.82, 2.24) is 0 Å². The molecule has 0 spiro atoms. The van der Waals surface area contributed by atoms with Crippen molar-refractivity contribution in [2.45, 2.75) is 117 Å². The number of carboxylic acid groups (broad SMARTS) is 1. The summed E-state index contributed by atoms with van der Waals surface area (Å²) >= 11 is 0. The van der Waals surface area contributed by atoms with Gasteiger partial charge < -0.3 is 21.1 Å². The standard InChI is InChI=1S/C29H47NO4/c1-24(2)20-7-10-28(6)22(27(20,5)9-8-21(24)32)19(31)15-17-18-16-26(4,23(33)34)12-11-25(18,3)13-14-29(17,28)30/h15,18-22,31-32H,7-14,16,30H2,1-6H3,(H,33,34)/t18-,19?,20+,21+,22-,25-,26+,27+,28-,29+/m1/s1. The zero-order valence-electron chi connectivity index (χ0n) is 22.2. The normalized spacial score (nSPS) is 56.3. The first kappa shape index (κ1) is 24.8. The van der Waals surface area contributed by atoms with Gasteiger partial charge in [0.05, 0.1) is 17.6 Å². The van der Waals surface area contributed by atoms with Crippen LogP contribution in [0.5, 0.6) is 0 Å². The van der Waals surface area contributed by atoms with Gasteiger partial charge >= 0.3 is 5.97 Å². The maximum Gasteiger partial charge on any atom is 0.309 e. The fourth-order valence-corrected chi connectivity index (χ4v) is 10.4. The van der Waals surface area contributed by atoms with E-state index in [1.54, 1.807) is 0 Å². The number of hydrogen-bond donors (Lipinski definition) is 4. The largest absolute Gasteiger partial charge is 0.481 e. The van der Waals surface area contributed by atoms with Gasteiger partial charge in [0.15, 0.2) is 0 Å². The molecule has 0 aromatic carbocycles. The number of aliphatic carboxylic acids is 1. The molecule has 10 atom stereocenters. The predicted octanol–water partition coefficient (Wildman–Crippen LogP) is 4.90. The van der Waals surface area contributed by atoms with E-state index in [1.165, 1.54) is 0 Å². The van der Waals surface area contributed by atoms with Crippen molar-refractivity contribution in [3.05, 3.63) is 11.6 Å². The predicted molar refractivity (Wildman–Crippen MR) is 133 cm³/mol. The summed E-state index contributed by atoms with van der Waals surface area (Å²) in [5.74, 6) is -0.226. The van der Waals surface area contributed by atoms with Crippen molar-refractivity contribution < 1.29 is 20.1 Å². The zero-order valence-corrected chi connectivity index (χ0v) is 22.2. The first-order valence-corrected chi connectivity index (χ1v) is 13.7. The third kappa shape index (κ3) is 2.87. The van der Waals surface area contributed by atoms with Gasteiger partial charge in [0.2, 0.25) is 0 Å². The minimum Gasteiger partial charge on any atom is -0.481 e. The lowest BCUT2D eigenvalue weighted by molar-refractivity contribution is -0.211.